The molecule has 1 saturated carbocycles. The van der Waals surface area contributed by atoms with Gasteiger partial charge >= 0.3 is 5.97 Å². The lowest BCUT2D eigenvalue weighted by molar-refractivity contribution is -0.151. The van der Waals surface area contributed by atoms with Crippen molar-refractivity contribution in [3.63, 3.8) is 0 Å². The van der Waals surface area contributed by atoms with Crippen molar-refractivity contribution in [2.24, 2.45) is 10.8 Å². The van der Waals surface area contributed by atoms with E-state index in [1.807, 2.05) is 13.8 Å². The average Bonchev–Trinajstić information content (AvgIpc) is 2.58. The summed E-state index contributed by atoms with van der Waals surface area (Å²) in [6.07, 6.45) is 1.01. The summed E-state index contributed by atoms with van der Waals surface area (Å²) in [5, 5.41) is 3.21. The maximum absolute atomic E-state index is 11.5. The highest BCUT2D eigenvalue weighted by atomic mass is 35.5. The molecule has 1 spiro atoms. The van der Waals surface area contributed by atoms with E-state index in [4.69, 9.17) is 4.74 Å². The molecule has 1 unspecified atom stereocenters. The Morgan fingerprint density at radius 2 is 2.15 bits per heavy atom. The number of carbonyl (C=O) groups excluding carboxylic acids is 1. The van der Waals surface area contributed by atoms with Crippen molar-refractivity contribution in [3.8, 4) is 0 Å². The first-order chi connectivity index (χ1) is 5.65. The zero-order chi connectivity index (χ0) is 8.82. The predicted octanol–water partition coefficient (Wildman–Crippen LogP) is 0.971. The van der Waals surface area contributed by atoms with Crippen LogP contribution in [0.5, 0.6) is 0 Å². The van der Waals surface area contributed by atoms with E-state index in [0.717, 1.165) is 19.5 Å². The molecular weight excluding hydrogens is 190 g/mol. The molecule has 0 amide bonds. The van der Waals surface area contributed by atoms with E-state index in [1.54, 1.807) is 0 Å². The quantitative estimate of drug-likeness (QED) is 0.683. The summed E-state index contributed by atoms with van der Waals surface area (Å²) in [5.41, 5.74) is 0.0908. The van der Waals surface area contributed by atoms with Crippen molar-refractivity contribution in [2.45, 2.75) is 20.3 Å². The third-order valence-electron chi connectivity index (χ3n) is 3.39. The zero-order valence-electron chi connectivity index (χ0n) is 8.05. The molecule has 1 saturated heterocycles. The lowest BCUT2D eigenvalue weighted by Crippen LogP contribution is -2.48. The second kappa shape index (κ2) is 3.14. The highest BCUT2D eigenvalue weighted by molar-refractivity contribution is 5.85. The lowest BCUT2D eigenvalue weighted by Gasteiger charge is -2.31. The van der Waals surface area contributed by atoms with Crippen LogP contribution in [0, 0.1) is 10.8 Å². The number of hydrogen-bond donors (Lipinski definition) is 1. The normalized spacial score (nSPS) is 33.1. The Kier molecular flexibility index (Phi) is 2.61. The van der Waals surface area contributed by atoms with E-state index in [0.29, 0.717) is 6.61 Å². The van der Waals surface area contributed by atoms with E-state index >= 15 is 0 Å². The Hall–Kier alpha value is -0.280. The number of hydrogen-bond acceptors (Lipinski definition) is 3. The Balaban J connectivity index is 0.000000845. The number of ether oxygens (including phenoxy) is 1. The predicted molar refractivity (Wildman–Crippen MR) is 51.9 cm³/mol. The van der Waals surface area contributed by atoms with Crippen LogP contribution in [0.2, 0.25) is 0 Å². The SMILES string of the molecule is CCOC(=O)C1(C)CC12CNC2.Cl. The van der Waals surface area contributed by atoms with Crippen molar-refractivity contribution in [1.29, 1.82) is 0 Å². The van der Waals surface area contributed by atoms with Gasteiger partial charge < -0.3 is 10.1 Å². The standard InChI is InChI=1S/C9H15NO2.ClH/c1-3-12-7(11)8(2)4-9(8)5-10-6-9;/h10H,3-6H2,1-2H3;1H. The van der Waals surface area contributed by atoms with Gasteiger partial charge in [-0.05, 0) is 20.3 Å². The molecule has 1 aliphatic carbocycles. The van der Waals surface area contributed by atoms with E-state index in [2.05, 4.69) is 5.32 Å². The van der Waals surface area contributed by atoms with Crippen molar-refractivity contribution in [3.05, 3.63) is 0 Å². The van der Waals surface area contributed by atoms with Gasteiger partial charge in [-0.15, -0.1) is 12.4 Å². The van der Waals surface area contributed by atoms with Crippen molar-refractivity contribution < 1.29 is 9.53 Å². The molecule has 1 heterocycles. The summed E-state index contributed by atoms with van der Waals surface area (Å²) in [4.78, 5) is 11.5. The average molecular weight is 206 g/mol. The van der Waals surface area contributed by atoms with Crippen LogP contribution in [0.3, 0.4) is 0 Å². The van der Waals surface area contributed by atoms with Gasteiger partial charge in [0.2, 0.25) is 0 Å². The van der Waals surface area contributed by atoms with Gasteiger partial charge in [0, 0.05) is 18.5 Å². The largest absolute Gasteiger partial charge is 0.466 e. The molecule has 2 rings (SSSR count). The molecule has 76 valence electrons. The Labute approximate surface area is 84.6 Å². The fourth-order valence-electron chi connectivity index (χ4n) is 2.15. The highest BCUT2D eigenvalue weighted by Gasteiger charge is 2.72. The second-order valence-corrected chi connectivity index (χ2v) is 4.11. The summed E-state index contributed by atoms with van der Waals surface area (Å²) in [6, 6.07) is 0. The van der Waals surface area contributed by atoms with Crippen molar-refractivity contribution in [1.82, 2.24) is 5.32 Å². The van der Waals surface area contributed by atoms with Crippen LogP contribution in [-0.4, -0.2) is 25.7 Å². The van der Waals surface area contributed by atoms with Crippen LogP contribution < -0.4 is 5.32 Å². The van der Waals surface area contributed by atoms with Crippen molar-refractivity contribution in [2.75, 3.05) is 19.7 Å². The molecule has 0 aromatic carbocycles. The summed E-state index contributed by atoms with van der Waals surface area (Å²) < 4.78 is 5.03. The molecule has 1 N–H and O–H groups in total. The van der Waals surface area contributed by atoms with E-state index < -0.39 is 0 Å². The molecule has 2 aliphatic rings. The summed E-state index contributed by atoms with van der Waals surface area (Å²) >= 11 is 0. The first kappa shape index (κ1) is 10.8. The fraction of sp³-hybridized carbons (Fsp3) is 0.889. The third kappa shape index (κ3) is 1.25. The first-order valence-corrected chi connectivity index (χ1v) is 4.53. The Bertz CT molecular complexity index is 228. The van der Waals surface area contributed by atoms with Gasteiger partial charge in [0.25, 0.3) is 0 Å². The molecule has 0 bridgehead atoms. The number of nitrogens with one attached hydrogen (secondary N) is 1. The molecular formula is C9H16ClNO2. The fourth-order valence-corrected chi connectivity index (χ4v) is 2.15. The lowest BCUT2D eigenvalue weighted by atomic mass is 9.89. The molecule has 1 atom stereocenters. The summed E-state index contributed by atoms with van der Waals surface area (Å²) in [5.74, 6) is -0.00787. The number of esters is 1. The smallest absolute Gasteiger partial charge is 0.312 e. The molecule has 2 fully saturated rings. The number of rotatable bonds is 2. The van der Waals surface area contributed by atoms with Gasteiger partial charge in [0.05, 0.1) is 12.0 Å². The van der Waals surface area contributed by atoms with E-state index in [9.17, 15) is 4.79 Å². The molecule has 0 aromatic heterocycles. The topological polar surface area (TPSA) is 38.3 Å². The monoisotopic (exact) mass is 205 g/mol. The van der Waals surface area contributed by atoms with Crippen molar-refractivity contribution >= 4 is 18.4 Å². The van der Waals surface area contributed by atoms with Gasteiger partial charge in [-0.25, -0.2) is 0 Å². The van der Waals surface area contributed by atoms with Crippen LogP contribution >= 0.6 is 12.4 Å². The summed E-state index contributed by atoms with van der Waals surface area (Å²) in [6.45, 7) is 6.35. The highest BCUT2D eigenvalue weighted by Crippen LogP contribution is 2.66. The van der Waals surface area contributed by atoms with Crippen LogP contribution in [0.25, 0.3) is 0 Å². The summed E-state index contributed by atoms with van der Waals surface area (Å²) in [7, 11) is 0. The zero-order valence-corrected chi connectivity index (χ0v) is 8.87. The van der Waals surface area contributed by atoms with Gasteiger partial charge in [0.15, 0.2) is 0 Å². The minimum Gasteiger partial charge on any atom is -0.466 e. The Morgan fingerprint density at radius 1 is 1.54 bits per heavy atom. The molecule has 1 aliphatic heterocycles. The Morgan fingerprint density at radius 3 is 2.46 bits per heavy atom. The first-order valence-electron chi connectivity index (χ1n) is 4.53. The van der Waals surface area contributed by atoms with Gasteiger partial charge in [0.1, 0.15) is 0 Å². The molecule has 0 radical (unpaired) electrons. The maximum atomic E-state index is 11.5. The van der Waals surface area contributed by atoms with Crippen LogP contribution in [0.15, 0.2) is 0 Å². The van der Waals surface area contributed by atoms with Gasteiger partial charge in [-0.3, -0.25) is 4.79 Å². The van der Waals surface area contributed by atoms with Gasteiger partial charge in [-0.1, -0.05) is 0 Å². The van der Waals surface area contributed by atoms with Crippen LogP contribution in [0.4, 0.5) is 0 Å². The van der Waals surface area contributed by atoms with E-state index in [-0.39, 0.29) is 29.2 Å². The minimum absolute atomic E-state index is 0. The minimum atomic E-state index is -0.172. The molecule has 4 heteroatoms. The number of halogens is 1. The molecule has 0 aromatic rings. The van der Waals surface area contributed by atoms with E-state index in [1.165, 1.54) is 0 Å². The van der Waals surface area contributed by atoms with Gasteiger partial charge in [-0.2, -0.15) is 0 Å². The molecule has 3 nitrogen and oxygen atoms in total. The number of carbonyl (C=O) groups is 1. The van der Waals surface area contributed by atoms with Crippen LogP contribution in [-0.2, 0) is 9.53 Å². The molecule has 13 heavy (non-hydrogen) atoms. The second-order valence-electron chi connectivity index (χ2n) is 4.11. The maximum Gasteiger partial charge on any atom is 0.312 e. The third-order valence-corrected chi connectivity index (χ3v) is 3.39. The van der Waals surface area contributed by atoms with Crippen LogP contribution in [0.1, 0.15) is 20.3 Å².